The summed E-state index contributed by atoms with van der Waals surface area (Å²) in [6, 6.07) is 15.2. The van der Waals surface area contributed by atoms with Gasteiger partial charge in [0.2, 0.25) is 5.91 Å². The first kappa shape index (κ1) is 23.0. The summed E-state index contributed by atoms with van der Waals surface area (Å²) in [5.41, 5.74) is 1.92. The third-order valence-electron chi connectivity index (χ3n) is 5.06. The number of carbonyl (C=O) groups is 1. The molecule has 0 spiro atoms. The first-order chi connectivity index (χ1) is 12.9. The van der Waals surface area contributed by atoms with Gasteiger partial charge in [-0.05, 0) is 29.7 Å². The molecule has 1 aliphatic heterocycles. The van der Waals surface area contributed by atoms with Crippen molar-refractivity contribution in [1.29, 1.82) is 0 Å². The van der Waals surface area contributed by atoms with Crippen LogP contribution in [0.3, 0.4) is 0 Å². The minimum absolute atomic E-state index is 0. The molecule has 3 rings (SSSR count). The monoisotopic (exact) mass is 442 g/mol. The van der Waals surface area contributed by atoms with E-state index in [4.69, 9.17) is 23.2 Å². The highest BCUT2D eigenvalue weighted by Gasteiger charge is 2.28. The molecule has 2 aromatic rings. The van der Waals surface area contributed by atoms with E-state index in [2.05, 4.69) is 4.90 Å². The second-order valence-electron chi connectivity index (χ2n) is 7.06. The van der Waals surface area contributed by atoms with E-state index < -0.39 is 0 Å². The predicted molar refractivity (Wildman–Crippen MR) is 116 cm³/mol. The fourth-order valence-corrected chi connectivity index (χ4v) is 3.79. The van der Waals surface area contributed by atoms with Gasteiger partial charge in [0.05, 0.1) is 28.6 Å². The number of aliphatic hydroxyl groups is 1. The van der Waals surface area contributed by atoms with Crippen LogP contribution in [0.1, 0.15) is 23.6 Å². The summed E-state index contributed by atoms with van der Waals surface area (Å²) in [5.74, 6) is 0.0157. The van der Waals surface area contributed by atoms with Crippen molar-refractivity contribution in [2.45, 2.75) is 25.0 Å². The van der Waals surface area contributed by atoms with E-state index in [1.54, 1.807) is 17.0 Å². The average molecular weight is 444 g/mol. The number of β-amino-alcohol motifs (C(OH)–C–C–N with tert-alkyl or cyclic N) is 1. The number of likely N-dealkylation sites (N-methyl/N-ethyl adjacent to an activating group) is 1. The second-order valence-corrected chi connectivity index (χ2v) is 7.87. The third-order valence-corrected chi connectivity index (χ3v) is 5.80. The van der Waals surface area contributed by atoms with Gasteiger partial charge in [-0.15, -0.1) is 12.4 Å². The molecule has 28 heavy (non-hydrogen) atoms. The number of hydrogen-bond donors (Lipinski definition) is 1. The Morgan fingerprint density at radius 1 is 1.21 bits per heavy atom. The van der Waals surface area contributed by atoms with Crippen molar-refractivity contribution < 1.29 is 9.90 Å². The zero-order valence-electron chi connectivity index (χ0n) is 15.7. The summed E-state index contributed by atoms with van der Waals surface area (Å²) >= 11 is 12.0. The zero-order chi connectivity index (χ0) is 19.4. The average Bonchev–Trinajstić information content (AvgIpc) is 3.08. The quantitative estimate of drug-likeness (QED) is 0.727. The maximum absolute atomic E-state index is 12.9. The number of nitrogens with zero attached hydrogens (tertiary/aromatic N) is 2. The molecule has 0 unspecified atom stereocenters. The molecule has 4 nitrogen and oxygen atoms in total. The molecule has 1 fully saturated rings. The van der Waals surface area contributed by atoms with Crippen molar-refractivity contribution in [3.63, 3.8) is 0 Å². The van der Waals surface area contributed by atoms with E-state index in [-0.39, 0.29) is 36.9 Å². The van der Waals surface area contributed by atoms with Crippen molar-refractivity contribution in [3.8, 4) is 0 Å². The van der Waals surface area contributed by atoms with Crippen LogP contribution in [-0.2, 0) is 11.2 Å². The zero-order valence-corrected chi connectivity index (χ0v) is 18.1. The highest BCUT2D eigenvalue weighted by molar-refractivity contribution is 6.42. The van der Waals surface area contributed by atoms with Gasteiger partial charge in [0, 0.05) is 26.7 Å². The Morgan fingerprint density at radius 3 is 2.54 bits per heavy atom. The van der Waals surface area contributed by atoms with Crippen molar-refractivity contribution in [2.24, 2.45) is 0 Å². The first-order valence-electron chi connectivity index (χ1n) is 9.09. The smallest absolute Gasteiger partial charge is 0.227 e. The van der Waals surface area contributed by atoms with E-state index in [9.17, 15) is 9.90 Å². The molecule has 152 valence electrons. The van der Waals surface area contributed by atoms with Crippen LogP contribution in [0.5, 0.6) is 0 Å². The van der Waals surface area contributed by atoms with Gasteiger partial charge in [-0.2, -0.15) is 0 Å². The lowest BCUT2D eigenvalue weighted by Crippen LogP contribution is -2.39. The molecule has 1 aliphatic rings. The molecule has 0 aliphatic carbocycles. The number of likely N-dealkylation sites (tertiary alicyclic amines) is 1. The van der Waals surface area contributed by atoms with Gasteiger partial charge in [-0.1, -0.05) is 59.6 Å². The molecule has 1 N–H and O–H groups in total. The molecular weight excluding hydrogens is 419 g/mol. The number of carbonyl (C=O) groups excluding carboxylic acids is 1. The van der Waals surface area contributed by atoms with Crippen molar-refractivity contribution in [3.05, 3.63) is 69.7 Å². The summed E-state index contributed by atoms with van der Waals surface area (Å²) in [5, 5.41) is 10.8. The number of rotatable bonds is 6. The topological polar surface area (TPSA) is 43.8 Å². The number of amides is 1. The number of benzene rings is 2. The van der Waals surface area contributed by atoms with Crippen LogP contribution in [0, 0.1) is 0 Å². The Bertz CT molecular complexity index is 788. The van der Waals surface area contributed by atoms with Gasteiger partial charge in [-0.3, -0.25) is 9.69 Å². The van der Waals surface area contributed by atoms with Gasteiger partial charge in [0.25, 0.3) is 0 Å². The van der Waals surface area contributed by atoms with Crippen molar-refractivity contribution in [2.75, 3.05) is 26.7 Å². The maximum atomic E-state index is 12.9. The van der Waals surface area contributed by atoms with E-state index in [1.807, 2.05) is 43.4 Å². The Labute approximate surface area is 182 Å². The second kappa shape index (κ2) is 10.5. The van der Waals surface area contributed by atoms with Gasteiger partial charge in [0.15, 0.2) is 0 Å². The normalized spacial score (nSPS) is 17.8. The molecular formula is C21H25Cl3N2O2. The summed E-state index contributed by atoms with van der Waals surface area (Å²) in [6.07, 6.45) is 0.764. The van der Waals surface area contributed by atoms with E-state index in [0.29, 0.717) is 23.1 Å². The van der Waals surface area contributed by atoms with Gasteiger partial charge in [0.1, 0.15) is 0 Å². The number of hydrogen-bond acceptors (Lipinski definition) is 3. The van der Waals surface area contributed by atoms with Crippen LogP contribution in [-0.4, -0.2) is 53.6 Å². The molecule has 1 heterocycles. The molecule has 2 aromatic carbocycles. The van der Waals surface area contributed by atoms with Crippen molar-refractivity contribution >= 4 is 41.5 Å². The van der Waals surface area contributed by atoms with Gasteiger partial charge in [-0.25, -0.2) is 0 Å². The van der Waals surface area contributed by atoms with Crippen LogP contribution in [0.2, 0.25) is 10.0 Å². The SMILES string of the molecule is CN(C(=O)Cc1ccc(Cl)c(Cl)c1)[C@H](CN1CC[C@H](O)C1)c1ccccc1.Cl. The Hall–Kier alpha value is -1.30. The van der Waals surface area contributed by atoms with E-state index in [1.165, 1.54) is 0 Å². The van der Waals surface area contributed by atoms with Gasteiger partial charge < -0.3 is 10.0 Å². The van der Waals surface area contributed by atoms with Crippen LogP contribution >= 0.6 is 35.6 Å². The molecule has 1 amide bonds. The standard InChI is InChI=1S/C21H24Cl2N2O2.ClH/c1-24(21(27)12-15-7-8-18(22)19(23)11-15)20(16-5-3-2-4-6-16)14-25-10-9-17(26)13-25;/h2-8,11,17,20,26H,9-10,12-14H2,1H3;1H/t17-,20+;/m0./s1. The summed E-state index contributed by atoms with van der Waals surface area (Å²) in [6.45, 7) is 2.20. The number of aliphatic hydroxyl groups excluding tert-OH is 1. The lowest BCUT2D eigenvalue weighted by atomic mass is 10.0. The molecule has 2 atom stereocenters. The maximum Gasteiger partial charge on any atom is 0.227 e. The number of halogens is 3. The summed E-state index contributed by atoms with van der Waals surface area (Å²) in [4.78, 5) is 17.0. The lowest BCUT2D eigenvalue weighted by Gasteiger charge is -2.32. The van der Waals surface area contributed by atoms with Crippen LogP contribution in [0.15, 0.2) is 48.5 Å². The minimum atomic E-state index is -0.279. The Kier molecular flexibility index (Phi) is 8.59. The van der Waals surface area contributed by atoms with Crippen LogP contribution in [0.25, 0.3) is 0 Å². The van der Waals surface area contributed by atoms with Crippen LogP contribution < -0.4 is 0 Å². The molecule has 0 radical (unpaired) electrons. The predicted octanol–water partition coefficient (Wildman–Crippen LogP) is 4.22. The van der Waals surface area contributed by atoms with E-state index in [0.717, 1.165) is 24.1 Å². The minimum Gasteiger partial charge on any atom is -0.392 e. The molecule has 7 heteroatoms. The van der Waals surface area contributed by atoms with Crippen LogP contribution in [0.4, 0.5) is 0 Å². The summed E-state index contributed by atoms with van der Waals surface area (Å²) in [7, 11) is 1.84. The highest BCUT2D eigenvalue weighted by atomic mass is 35.5. The molecule has 0 bridgehead atoms. The fraction of sp³-hybridized carbons (Fsp3) is 0.381. The highest BCUT2D eigenvalue weighted by Crippen LogP contribution is 2.26. The fourth-order valence-electron chi connectivity index (χ4n) is 3.47. The molecule has 0 aromatic heterocycles. The summed E-state index contributed by atoms with van der Waals surface area (Å²) < 4.78 is 0. The lowest BCUT2D eigenvalue weighted by molar-refractivity contribution is -0.131. The van der Waals surface area contributed by atoms with Crippen molar-refractivity contribution in [1.82, 2.24) is 9.80 Å². The largest absolute Gasteiger partial charge is 0.392 e. The first-order valence-corrected chi connectivity index (χ1v) is 9.84. The van der Waals surface area contributed by atoms with Gasteiger partial charge >= 0.3 is 0 Å². The third kappa shape index (κ3) is 5.85. The molecule has 1 saturated heterocycles. The van der Waals surface area contributed by atoms with E-state index >= 15 is 0 Å². The Morgan fingerprint density at radius 2 is 1.93 bits per heavy atom. The Balaban J connectivity index is 0.00000280. The molecule has 0 saturated carbocycles.